The lowest BCUT2D eigenvalue weighted by atomic mass is 9.96. The molecule has 1 aliphatic rings. The molecule has 1 saturated carbocycles. The number of carbonyl (C=O) groups excluding carboxylic acids is 1. The summed E-state index contributed by atoms with van der Waals surface area (Å²) < 4.78 is 0. The summed E-state index contributed by atoms with van der Waals surface area (Å²) in [6.07, 6.45) is 7.62. The second-order valence-electron chi connectivity index (χ2n) is 4.47. The first-order valence-electron chi connectivity index (χ1n) is 6.13. The molecule has 0 spiro atoms. The quantitative estimate of drug-likeness (QED) is 0.556. The number of aliphatic hydroxyl groups is 1. The second kappa shape index (κ2) is 5.94. The van der Waals surface area contributed by atoms with Crippen molar-refractivity contribution in [2.45, 2.75) is 52.4 Å². The van der Waals surface area contributed by atoms with E-state index in [4.69, 9.17) is 0 Å². The molecule has 0 aromatic rings. The normalized spacial score (nSPS) is 18.7. The van der Waals surface area contributed by atoms with E-state index in [1.54, 1.807) is 0 Å². The van der Waals surface area contributed by atoms with Crippen LogP contribution in [0.1, 0.15) is 52.4 Å². The zero-order valence-electron chi connectivity index (χ0n) is 9.83. The van der Waals surface area contributed by atoms with Crippen LogP contribution in [-0.2, 0) is 4.79 Å². The number of rotatable bonds is 5. The maximum Gasteiger partial charge on any atom is 0.162 e. The number of ketones is 1. The fourth-order valence-electron chi connectivity index (χ4n) is 2.30. The van der Waals surface area contributed by atoms with Gasteiger partial charge in [0.2, 0.25) is 0 Å². The van der Waals surface area contributed by atoms with Crippen molar-refractivity contribution in [1.82, 2.24) is 0 Å². The van der Waals surface area contributed by atoms with Gasteiger partial charge in [0.05, 0.1) is 5.76 Å². The van der Waals surface area contributed by atoms with E-state index in [2.05, 4.69) is 0 Å². The van der Waals surface area contributed by atoms with Crippen LogP contribution >= 0.6 is 0 Å². The van der Waals surface area contributed by atoms with Crippen LogP contribution in [0.4, 0.5) is 0 Å². The molecule has 1 fully saturated rings. The molecule has 0 heterocycles. The molecule has 2 heteroatoms. The lowest BCUT2D eigenvalue weighted by Gasteiger charge is -2.12. The van der Waals surface area contributed by atoms with Gasteiger partial charge in [-0.1, -0.05) is 26.7 Å². The summed E-state index contributed by atoms with van der Waals surface area (Å²) in [7, 11) is 0. The minimum absolute atomic E-state index is 0.136. The molecule has 0 bridgehead atoms. The van der Waals surface area contributed by atoms with E-state index in [1.165, 1.54) is 6.08 Å². The smallest absolute Gasteiger partial charge is 0.162 e. The Kier molecular flexibility index (Phi) is 4.86. The van der Waals surface area contributed by atoms with Gasteiger partial charge in [0.25, 0.3) is 0 Å². The first-order chi connectivity index (χ1) is 7.19. The van der Waals surface area contributed by atoms with Crippen molar-refractivity contribution in [3.8, 4) is 0 Å². The van der Waals surface area contributed by atoms with Crippen LogP contribution in [0.3, 0.4) is 0 Å². The third-order valence-electron chi connectivity index (χ3n) is 3.45. The maximum atomic E-state index is 11.8. The van der Waals surface area contributed by atoms with Crippen LogP contribution in [-0.4, -0.2) is 10.9 Å². The van der Waals surface area contributed by atoms with Gasteiger partial charge in [-0.2, -0.15) is 0 Å². The highest BCUT2D eigenvalue weighted by molar-refractivity contribution is 5.92. The zero-order chi connectivity index (χ0) is 11.3. The molecular formula is C13H22O2. The lowest BCUT2D eigenvalue weighted by Crippen LogP contribution is -2.10. The molecule has 1 rings (SSSR count). The van der Waals surface area contributed by atoms with Crippen LogP contribution in [0.15, 0.2) is 11.8 Å². The average Bonchev–Trinajstić information content (AvgIpc) is 2.72. The predicted octanol–water partition coefficient (Wildman–Crippen LogP) is 3.62. The van der Waals surface area contributed by atoms with Crippen molar-refractivity contribution in [3.05, 3.63) is 11.8 Å². The molecule has 0 unspecified atom stereocenters. The Hall–Kier alpha value is -0.790. The van der Waals surface area contributed by atoms with Gasteiger partial charge >= 0.3 is 0 Å². The van der Waals surface area contributed by atoms with Crippen LogP contribution in [0.5, 0.6) is 0 Å². The molecule has 0 radical (unpaired) electrons. The Bertz CT molecular complexity index is 233. The van der Waals surface area contributed by atoms with Gasteiger partial charge in [-0.3, -0.25) is 4.79 Å². The summed E-state index contributed by atoms with van der Waals surface area (Å²) in [5.41, 5.74) is 0. The van der Waals surface area contributed by atoms with Crippen LogP contribution in [0, 0.1) is 11.8 Å². The minimum atomic E-state index is 0.136. The molecule has 0 amide bonds. The van der Waals surface area contributed by atoms with Crippen LogP contribution in [0.2, 0.25) is 0 Å². The molecule has 0 aromatic carbocycles. The molecule has 0 atom stereocenters. The lowest BCUT2D eigenvalue weighted by molar-refractivity contribution is -0.118. The fourth-order valence-corrected chi connectivity index (χ4v) is 2.30. The summed E-state index contributed by atoms with van der Waals surface area (Å²) >= 11 is 0. The van der Waals surface area contributed by atoms with Gasteiger partial charge in [0.1, 0.15) is 0 Å². The van der Waals surface area contributed by atoms with E-state index < -0.39 is 0 Å². The Morgan fingerprint density at radius 3 is 2.33 bits per heavy atom. The number of aliphatic hydroxyl groups excluding tert-OH is 1. The Morgan fingerprint density at radius 2 is 1.87 bits per heavy atom. The van der Waals surface area contributed by atoms with E-state index in [0.717, 1.165) is 38.5 Å². The molecule has 86 valence electrons. The SMILES string of the molecule is CCC(CC)C(O)=CC(=O)C1CCCC1. The Balaban J connectivity index is 2.56. The molecular weight excluding hydrogens is 188 g/mol. The molecule has 1 N–H and O–H groups in total. The van der Waals surface area contributed by atoms with Crippen LogP contribution < -0.4 is 0 Å². The molecule has 0 aromatic heterocycles. The molecule has 0 saturated heterocycles. The van der Waals surface area contributed by atoms with E-state index >= 15 is 0 Å². The molecule has 15 heavy (non-hydrogen) atoms. The van der Waals surface area contributed by atoms with Gasteiger partial charge in [-0.05, 0) is 25.7 Å². The Labute approximate surface area is 92.4 Å². The highest BCUT2D eigenvalue weighted by atomic mass is 16.3. The highest BCUT2D eigenvalue weighted by Crippen LogP contribution is 2.27. The summed E-state index contributed by atoms with van der Waals surface area (Å²) in [6, 6.07) is 0. The predicted molar refractivity (Wildman–Crippen MR) is 61.7 cm³/mol. The third-order valence-corrected chi connectivity index (χ3v) is 3.45. The van der Waals surface area contributed by atoms with Crippen molar-refractivity contribution in [1.29, 1.82) is 0 Å². The molecule has 2 nitrogen and oxygen atoms in total. The van der Waals surface area contributed by atoms with E-state index in [-0.39, 0.29) is 23.4 Å². The summed E-state index contributed by atoms with van der Waals surface area (Å²) in [6.45, 7) is 4.08. The summed E-state index contributed by atoms with van der Waals surface area (Å²) in [4.78, 5) is 11.8. The number of hydrogen-bond acceptors (Lipinski definition) is 2. The van der Waals surface area contributed by atoms with Gasteiger partial charge in [-0.15, -0.1) is 0 Å². The van der Waals surface area contributed by atoms with E-state index in [0.29, 0.717) is 0 Å². The van der Waals surface area contributed by atoms with Crippen molar-refractivity contribution in [2.24, 2.45) is 11.8 Å². The van der Waals surface area contributed by atoms with Gasteiger partial charge in [0.15, 0.2) is 5.78 Å². The molecule has 1 aliphatic carbocycles. The first-order valence-corrected chi connectivity index (χ1v) is 6.13. The summed E-state index contributed by atoms with van der Waals surface area (Å²) in [5, 5.41) is 9.78. The standard InChI is InChI=1S/C13H22O2/c1-3-10(4-2)12(14)9-13(15)11-7-5-6-8-11/h9-11,14H,3-8H2,1-2H3. The first kappa shape index (κ1) is 12.3. The van der Waals surface area contributed by atoms with Gasteiger partial charge in [0, 0.05) is 17.9 Å². The topological polar surface area (TPSA) is 37.3 Å². The Morgan fingerprint density at radius 1 is 1.33 bits per heavy atom. The highest BCUT2D eigenvalue weighted by Gasteiger charge is 2.22. The molecule has 0 aliphatic heterocycles. The minimum Gasteiger partial charge on any atom is -0.512 e. The van der Waals surface area contributed by atoms with Crippen molar-refractivity contribution >= 4 is 5.78 Å². The van der Waals surface area contributed by atoms with Crippen molar-refractivity contribution in [2.75, 3.05) is 0 Å². The number of hydrogen-bond donors (Lipinski definition) is 1. The van der Waals surface area contributed by atoms with Gasteiger partial charge in [-0.25, -0.2) is 0 Å². The fraction of sp³-hybridized carbons (Fsp3) is 0.769. The van der Waals surface area contributed by atoms with E-state index in [9.17, 15) is 9.90 Å². The zero-order valence-corrected chi connectivity index (χ0v) is 9.83. The number of allylic oxidation sites excluding steroid dienone is 2. The van der Waals surface area contributed by atoms with Crippen molar-refractivity contribution < 1.29 is 9.90 Å². The second-order valence-corrected chi connectivity index (χ2v) is 4.47. The number of carbonyl (C=O) groups is 1. The van der Waals surface area contributed by atoms with Crippen LogP contribution in [0.25, 0.3) is 0 Å². The van der Waals surface area contributed by atoms with Crippen molar-refractivity contribution in [3.63, 3.8) is 0 Å². The monoisotopic (exact) mass is 210 g/mol. The van der Waals surface area contributed by atoms with E-state index in [1.807, 2.05) is 13.8 Å². The maximum absolute atomic E-state index is 11.8. The largest absolute Gasteiger partial charge is 0.512 e. The van der Waals surface area contributed by atoms with Gasteiger partial charge < -0.3 is 5.11 Å². The third kappa shape index (κ3) is 3.37. The summed E-state index contributed by atoms with van der Waals surface area (Å²) in [5.74, 6) is 0.769. The average molecular weight is 210 g/mol.